The first-order valence-electron chi connectivity index (χ1n) is 7.42. The lowest BCUT2D eigenvalue weighted by atomic mass is 9.94. The minimum absolute atomic E-state index is 0.0300. The Morgan fingerprint density at radius 2 is 2.29 bits per heavy atom. The van der Waals surface area contributed by atoms with Crippen molar-refractivity contribution in [3.8, 4) is 0 Å². The fraction of sp³-hybridized carbons (Fsp3) is 0.615. The number of aliphatic hydroxyl groups is 1. The van der Waals surface area contributed by atoms with E-state index in [4.69, 9.17) is 19.7 Å². The minimum atomic E-state index is -1.82. The summed E-state index contributed by atoms with van der Waals surface area (Å²) in [5, 5.41) is 10.6. The molecule has 2 aromatic rings. The maximum atomic E-state index is 11.3. The molecule has 2 aliphatic rings. The van der Waals surface area contributed by atoms with Crippen molar-refractivity contribution in [1.82, 2.24) is 19.5 Å². The summed E-state index contributed by atoms with van der Waals surface area (Å²) in [7, 11) is -1.82. The molecule has 1 unspecified atom stereocenters. The molecule has 0 saturated carbocycles. The first kappa shape index (κ1) is 15.8. The number of imidazole rings is 1. The van der Waals surface area contributed by atoms with Gasteiger partial charge in [0, 0.05) is 0 Å². The lowest BCUT2D eigenvalue weighted by Gasteiger charge is -2.34. The van der Waals surface area contributed by atoms with Crippen LogP contribution in [0.2, 0.25) is 0 Å². The van der Waals surface area contributed by atoms with Gasteiger partial charge in [-0.3, -0.25) is 4.57 Å². The maximum Gasteiger partial charge on any atom is 0.504 e. The van der Waals surface area contributed by atoms with Crippen LogP contribution in [0.1, 0.15) is 13.2 Å². The van der Waals surface area contributed by atoms with Crippen molar-refractivity contribution in [1.29, 1.82) is 0 Å². The highest BCUT2D eigenvalue weighted by Crippen LogP contribution is 2.50. The molecule has 3 N–H and O–H groups in total. The average molecular weight is 354 g/mol. The van der Waals surface area contributed by atoms with E-state index in [1.165, 1.54) is 19.3 Å². The van der Waals surface area contributed by atoms with E-state index in [-0.39, 0.29) is 12.4 Å². The summed E-state index contributed by atoms with van der Waals surface area (Å²) in [5.74, 6) is 0.262. The van der Waals surface area contributed by atoms with Crippen LogP contribution in [0.4, 0.5) is 5.82 Å². The zero-order valence-electron chi connectivity index (χ0n) is 13.1. The number of rotatable bonds is 4. The van der Waals surface area contributed by atoms with Gasteiger partial charge in [-0.1, -0.05) is 0 Å². The molecule has 24 heavy (non-hydrogen) atoms. The molecule has 0 aliphatic carbocycles. The molecule has 2 saturated heterocycles. The molecule has 10 nitrogen and oxygen atoms in total. The minimum Gasteiger partial charge on any atom is -0.387 e. The fourth-order valence-electron chi connectivity index (χ4n) is 3.32. The Kier molecular flexibility index (Phi) is 3.55. The predicted octanol–water partition coefficient (Wildman–Crippen LogP) is 0.213. The van der Waals surface area contributed by atoms with Gasteiger partial charge in [-0.15, -0.1) is 4.52 Å². The number of aromatic nitrogens is 4. The van der Waals surface area contributed by atoms with Crippen molar-refractivity contribution in [3.63, 3.8) is 0 Å². The normalized spacial score (nSPS) is 35.7. The topological polar surface area (TPSA) is 135 Å². The Balaban J connectivity index is 1.71. The Morgan fingerprint density at radius 1 is 1.50 bits per heavy atom. The second-order valence-corrected chi connectivity index (χ2v) is 7.08. The van der Waals surface area contributed by atoms with Crippen LogP contribution in [0.25, 0.3) is 11.2 Å². The van der Waals surface area contributed by atoms with E-state index in [1.54, 1.807) is 11.5 Å². The summed E-state index contributed by atoms with van der Waals surface area (Å²) in [6.45, 7) is 3.21. The van der Waals surface area contributed by atoms with E-state index in [0.717, 1.165) is 0 Å². The van der Waals surface area contributed by atoms with Gasteiger partial charge in [-0.05, 0) is 11.5 Å². The van der Waals surface area contributed by atoms with E-state index in [0.29, 0.717) is 11.2 Å². The molecular formula is C13H17N5O5P+. The average Bonchev–Trinajstić information content (AvgIpc) is 3.15. The molecule has 2 fully saturated rings. The van der Waals surface area contributed by atoms with Gasteiger partial charge in [0.15, 0.2) is 30.0 Å². The lowest BCUT2D eigenvalue weighted by molar-refractivity contribution is -0.213. The highest BCUT2D eigenvalue weighted by Gasteiger charge is 2.66. The number of anilines is 1. The van der Waals surface area contributed by atoms with Crippen molar-refractivity contribution in [2.24, 2.45) is 0 Å². The van der Waals surface area contributed by atoms with Crippen LogP contribution in [-0.2, 0) is 18.6 Å². The molecule has 128 valence electrons. The Hall–Kier alpha value is -1.71. The smallest absolute Gasteiger partial charge is 0.387 e. The van der Waals surface area contributed by atoms with Crippen molar-refractivity contribution in [3.05, 3.63) is 12.7 Å². The Bertz CT molecular complexity index is 815. The second kappa shape index (κ2) is 5.40. The van der Waals surface area contributed by atoms with Crippen LogP contribution in [0.5, 0.6) is 0 Å². The first-order chi connectivity index (χ1) is 11.4. The summed E-state index contributed by atoms with van der Waals surface area (Å²) in [4.78, 5) is 12.3. The number of aliphatic hydroxyl groups excluding tert-OH is 1. The predicted molar refractivity (Wildman–Crippen MR) is 82.4 cm³/mol. The van der Waals surface area contributed by atoms with Gasteiger partial charge in [0.05, 0.1) is 12.4 Å². The maximum absolute atomic E-state index is 11.3. The number of nitrogens with zero attached hydrogens (tertiary/aromatic N) is 4. The van der Waals surface area contributed by atoms with Crippen LogP contribution in [0.3, 0.4) is 0 Å². The van der Waals surface area contributed by atoms with Crippen LogP contribution < -0.4 is 5.73 Å². The van der Waals surface area contributed by atoms with Gasteiger partial charge in [-0.2, -0.15) is 0 Å². The first-order valence-corrected chi connectivity index (χ1v) is 9.04. The summed E-state index contributed by atoms with van der Waals surface area (Å²) >= 11 is 0. The Labute approximate surface area is 137 Å². The second-order valence-electron chi connectivity index (χ2n) is 5.95. The third-order valence-electron chi connectivity index (χ3n) is 4.62. The number of hydrogen-bond donors (Lipinski definition) is 2. The SMILES string of the molecule is C[C@@H]1O[C@H]2[C@H](n3cnc4c(N)ncnc43)O[C@]1(CO[P+](C)=O)[C@H]2O. The molecule has 0 aromatic carbocycles. The molecule has 2 aromatic heterocycles. The molecule has 4 heterocycles. The molecule has 0 spiro atoms. The van der Waals surface area contributed by atoms with Gasteiger partial charge < -0.3 is 20.3 Å². The highest BCUT2D eigenvalue weighted by atomic mass is 31.1. The van der Waals surface area contributed by atoms with Crippen LogP contribution >= 0.6 is 8.03 Å². The number of hydrogen-bond acceptors (Lipinski definition) is 9. The molecule has 0 radical (unpaired) electrons. The van der Waals surface area contributed by atoms with Crippen molar-refractivity contribution >= 4 is 25.0 Å². The van der Waals surface area contributed by atoms with E-state index in [2.05, 4.69) is 15.0 Å². The number of fused-ring (bicyclic) bond motifs is 3. The molecule has 2 aliphatic heterocycles. The quantitative estimate of drug-likeness (QED) is 0.739. The van der Waals surface area contributed by atoms with Crippen molar-refractivity contribution < 1.29 is 23.7 Å². The van der Waals surface area contributed by atoms with Crippen molar-refractivity contribution in [2.45, 2.75) is 37.1 Å². The summed E-state index contributed by atoms with van der Waals surface area (Å²) in [6, 6.07) is 0. The van der Waals surface area contributed by atoms with Gasteiger partial charge in [-0.25, -0.2) is 15.0 Å². The molecule has 4 rings (SSSR count). The Morgan fingerprint density at radius 3 is 3.04 bits per heavy atom. The van der Waals surface area contributed by atoms with Crippen LogP contribution in [-0.4, -0.2) is 61.8 Å². The number of ether oxygens (including phenoxy) is 2. The van der Waals surface area contributed by atoms with E-state index in [9.17, 15) is 9.67 Å². The number of nitrogens with two attached hydrogens (primary N) is 1. The van der Waals surface area contributed by atoms with Gasteiger partial charge in [0.1, 0.15) is 30.7 Å². The monoisotopic (exact) mass is 354 g/mol. The summed E-state index contributed by atoms with van der Waals surface area (Å²) < 4.78 is 30.2. The third kappa shape index (κ3) is 2.08. The van der Waals surface area contributed by atoms with E-state index < -0.39 is 38.2 Å². The summed E-state index contributed by atoms with van der Waals surface area (Å²) in [6.07, 6.45) is 0.267. The number of nitrogen functional groups attached to an aromatic ring is 1. The van der Waals surface area contributed by atoms with Gasteiger partial charge in [0.25, 0.3) is 0 Å². The molecule has 2 bridgehead atoms. The zero-order chi connectivity index (χ0) is 17.1. The van der Waals surface area contributed by atoms with E-state index in [1.807, 2.05) is 0 Å². The van der Waals surface area contributed by atoms with Crippen molar-refractivity contribution in [2.75, 3.05) is 19.0 Å². The van der Waals surface area contributed by atoms with Crippen LogP contribution in [0.15, 0.2) is 12.7 Å². The van der Waals surface area contributed by atoms with Gasteiger partial charge >= 0.3 is 8.03 Å². The molecule has 6 atom stereocenters. The standard InChI is InChI=1S/C13H17N5O5P/c1-6-13(3-21-24(2)20)9(19)8(22-6)12(23-13)18-5-17-7-10(14)15-4-16-11(7)18/h4-6,8-9,12,19H,3H2,1-2H3,(H2,14,15,16)/q+1/t6-,8+,9-,12+,13-/m0/s1. The molecular weight excluding hydrogens is 337 g/mol. The van der Waals surface area contributed by atoms with Gasteiger partial charge in [0.2, 0.25) is 0 Å². The largest absolute Gasteiger partial charge is 0.504 e. The third-order valence-corrected chi connectivity index (χ3v) is 5.11. The fourth-order valence-corrected chi connectivity index (χ4v) is 3.71. The lowest BCUT2D eigenvalue weighted by Crippen LogP contribution is -2.49. The molecule has 11 heteroatoms. The van der Waals surface area contributed by atoms with E-state index >= 15 is 0 Å². The summed E-state index contributed by atoms with van der Waals surface area (Å²) in [5.41, 5.74) is 5.65. The molecule has 0 amide bonds. The zero-order valence-corrected chi connectivity index (χ0v) is 14.0. The van der Waals surface area contributed by atoms with Crippen LogP contribution in [0, 0.1) is 0 Å². The highest BCUT2D eigenvalue weighted by molar-refractivity contribution is 7.38.